The van der Waals surface area contributed by atoms with E-state index in [2.05, 4.69) is 22.0 Å². The second kappa shape index (κ2) is 6.66. The minimum atomic E-state index is 0.404. The number of hydrogen-bond acceptors (Lipinski definition) is 4. The Kier molecular flexibility index (Phi) is 4.65. The van der Waals surface area contributed by atoms with Gasteiger partial charge in [-0.15, -0.1) is 0 Å². The molecule has 4 heteroatoms. The molecular weight excluding hydrogens is 252 g/mol. The van der Waals surface area contributed by atoms with Gasteiger partial charge in [0.25, 0.3) is 0 Å². The molecule has 20 heavy (non-hydrogen) atoms. The van der Waals surface area contributed by atoms with E-state index in [1.807, 2.05) is 19.5 Å². The molecule has 2 aliphatic rings. The summed E-state index contributed by atoms with van der Waals surface area (Å²) in [4.78, 5) is 6.67. The third-order valence-electron chi connectivity index (χ3n) is 4.66. The van der Waals surface area contributed by atoms with E-state index < -0.39 is 0 Å². The van der Waals surface area contributed by atoms with Gasteiger partial charge in [0.05, 0.1) is 18.8 Å². The highest BCUT2D eigenvalue weighted by Crippen LogP contribution is 2.30. The van der Waals surface area contributed by atoms with Crippen molar-refractivity contribution in [2.24, 2.45) is 0 Å². The molecule has 2 fully saturated rings. The molecular formula is C16H24N2O2. The highest BCUT2D eigenvalue weighted by Gasteiger charge is 2.37. The molecule has 0 unspecified atom stereocenters. The van der Waals surface area contributed by atoms with Gasteiger partial charge in [0.2, 0.25) is 0 Å². The molecule has 3 rings (SSSR count). The van der Waals surface area contributed by atoms with Crippen LogP contribution >= 0.6 is 0 Å². The Hall–Kier alpha value is -0.970. The summed E-state index contributed by atoms with van der Waals surface area (Å²) in [6.07, 6.45) is 9.03. The number of morpholine rings is 1. The lowest BCUT2D eigenvalue weighted by atomic mass is 9.88. The Morgan fingerprint density at radius 2 is 2.20 bits per heavy atom. The van der Waals surface area contributed by atoms with Gasteiger partial charge in [-0.05, 0) is 43.4 Å². The average Bonchev–Trinajstić information content (AvgIpc) is 2.53. The Bertz CT molecular complexity index is 412. The average molecular weight is 276 g/mol. The molecule has 0 N–H and O–H groups in total. The van der Waals surface area contributed by atoms with Crippen LogP contribution in [0.5, 0.6) is 0 Å². The lowest BCUT2D eigenvalue weighted by molar-refractivity contribution is -0.113. The van der Waals surface area contributed by atoms with Crippen LogP contribution in [0.4, 0.5) is 0 Å². The minimum absolute atomic E-state index is 0.404. The Balaban J connectivity index is 1.59. The van der Waals surface area contributed by atoms with Crippen LogP contribution in [-0.2, 0) is 15.9 Å². The van der Waals surface area contributed by atoms with Crippen molar-refractivity contribution < 1.29 is 9.47 Å². The standard InChI is InChI=1S/C16H24N2O2/c1-19-14-2-3-16-15(12-14)18(10-11-20-16)9-6-13-4-7-17-8-5-13/h4-5,7-8,14-16H,2-3,6,9-12H2,1H3/t14-,15-,16+/m1/s1. The monoisotopic (exact) mass is 276 g/mol. The molecule has 4 nitrogen and oxygen atoms in total. The highest BCUT2D eigenvalue weighted by atomic mass is 16.5. The zero-order valence-corrected chi connectivity index (χ0v) is 12.2. The first-order valence-electron chi connectivity index (χ1n) is 7.64. The first kappa shape index (κ1) is 14.0. The van der Waals surface area contributed by atoms with E-state index in [0.717, 1.165) is 45.4 Å². The first-order chi connectivity index (χ1) is 9.86. The largest absolute Gasteiger partial charge is 0.381 e. The van der Waals surface area contributed by atoms with Gasteiger partial charge in [0.15, 0.2) is 0 Å². The number of ether oxygens (including phenoxy) is 2. The molecule has 1 saturated carbocycles. The Morgan fingerprint density at radius 3 is 3.00 bits per heavy atom. The van der Waals surface area contributed by atoms with Gasteiger partial charge in [-0.1, -0.05) is 0 Å². The van der Waals surface area contributed by atoms with Crippen LogP contribution in [0.1, 0.15) is 24.8 Å². The van der Waals surface area contributed by atoms with Crippen molar-refractivity contribution in [3.63, 3.8) is 0 Å². The molecule has 1 aliphatic carbocycles. The lowest BCUT2D eigenvalue weighted by Gasteiger charge is -2.45. The van der Waals surface area contributed by atoms with Gasteiger partial charge in [0.1, 0.15) is 0 Å². The maximum atomic E-state index is 5.95. The number of aromatic nitrogens is 1. The van der Waals surface area contributed by atoms with Gasteiger partial charge in [-0.25, -0.2) is 0 Å². The topological polar surface area (TPSA) is 34.6 Å². The number of nitrogens with zero attached hydrogens (tertiary/aromatic N) is 2. The summed E-state index contributed by atoms with van der Waals surface area (Å²) in [5, 5.41) is 0. The van der Waals surface area contributed by atoms with E-state index in [0.29, 0.717) is 18.2 Å². The van der Waals surface area contributed by atoms with E-state index in [1.165, 1.54) is 5.56 Å². The van der Waals surface area contributed by atoms with E-state index in [-0.39, 0.29) is 0 Å². The van der Waals surface area contributed by atoms with Gasteiger partial charge >= 0.3 is 0 Å². The molecule has 1 aromatic heterocycles. The van der Waals surface area contributed by atoms with E-state index in [9.17, 15) is 0 Å². The number of pyridine rings is 1. The van der Waals surface area contributed by atoms with Gasteiger partial charge < -0.3 is 9.47 Å². The predicted molar refractivity (Wildman–Crippen MR) is 77.7 cm³/mol. The zero-order chi connectivity index (χ0) is 13.8. The quantitative estimate of drug-likeness (QED) is 0.841. The van der Waals surface area contributed by atoms with Gasteiger partial charge in [0, 0.05) is 38.6 Å². The van der Waals surface area contributed by atoms with Crippen LogP contribution in [0.3, 0.4) is 0 Å². The number of rotatable bonds is 4. The molecule has 0 aromatic carbocycles. The molecule has 0 spiro atoms. The third kappa shape index (κ3) is 3.19. The summed E-state index contributed by atoms with van der Waals surface area (Å²) >= 11 is 0. The molecule has 0 radical (unpaired) electrons. The Labute approximate surface area is 121 Å². The fourth-order valence-corrected chi connectivity index (χ4v) is 3.46. The fourth-order valence-electron chi connectivity index (χ4n) is 3.46. The molecule has 1 saturated heterocycles. The summed E-state index contributed by atoms with van der Waals surface area (Å²) < 4.78 is 11.5. The predicted octanol–water partition coefficient (Wildman–Crippen LogP) is 1.89. The van der Waals surface area contributed by atoms with E-state index in [4.69, 9.17) is 9.47 Å². The first-order valence-corrected chi connectivity index (χ1v) is 7.64. The van der Waals surface area contributed by atoms with Crippen molar-refractivity contribution in [1.82, 2.24) is 9.88 Å². The van der Waals surface area contributed by atoms with Gasteiger partial charge in [-0.3, -0.25) is 9.88 Å². The van der Waals surface area contributed by atoms with Crippen molar-refractivity contribution in [2.75, 3.05) is 26.8 Å². The van der Waals surface area contributed by atoms with Crippen molar-refractivity contribution in [3.8, 4) is 0 Å². The van der Waals surface area contributed by atoms with Crippen LogP contribution < -0.4 is 0 Å². The number of methoxy groups -OCH3 is 1. The molecule has 2 heterocycles. The SMILES string of the molecule is CO[C@@H]1CC[C@@H]2OCCN(CCc3ccncc3)[C@@H]2C1. The molecule has 1 aromatic rings. The summed E-state index contributed by atoms with van der Waals surface area (Å²) in [6.45, 7) is 3.02. The van der Waals surface area contributed by atoms with Gasteiger partial charge in [-0.2, -0.15) is 0 Å². The maximum Gasteiger partial charge on any atom is 0.0732 e. The number of hydrogen-bond donors (Lipinski definition) is 0. The highest BCUT2D eigenvalue weighted by molar-refractivity contribution is 5.10. The summed E-state index contributed by atoms with van der Waals surface area (Å²) in [7, 11) is 1.83. The zero-order valence-electron chi connectivity index (χ0n) is 12.2. The normalized spacial score (nSPS) is 30.9. The summed E-state index contributed by atoms with van der Waals surface area (Å²) in [6, 6.07) is 4.75. The van der Waals surface area contributed by atoms with Crippen molar-refractivity contribution in [2.45, 2.75) is 43.9 Å². The van der Waals surface area contributed by atoms with E-state index in [1.54, 1.807) is 0 Å². The summed E-state index contributed by atoms with van der Waals surface area (Å²) in [5.41, 5.74) is 1.36. The second-order valence-corrected chi connectivity index (χ2v) is 5.79. The molecule has 1 aliphatic heterocycles. The van der Waals surface area contributed by atoms with Crippen molar-refractivity contribution in [1.29, 1.82) is 0 Å². The molecule has 0 bridgehead atoms. The fraction of sp³-hybridized carbons (Fsp3) is 0.688. The van der Waals surface area contributed by atoms with Crippen molar-refractivity contribution >= 4 is 0 Å². The number of fused-ring (bicyclic) bond motifs is 1. The van der Waals surface area contributed by atoms with E-state index >= 15 is 0 Å². The summed E-state index contributed by atoms with van der Waals surface area (Å²) in [5.74, 6) is 0. The van der Waals surface area contributed by atoms with Crippen LogP contribution in [-0.4, -0.2) is 54.9 Å². The van der Waals surface area contributed by atoms with Crippen LogP contribution in [0.25, 0.3) is 0 Å². The van der Waals surface area contributed by atoms with Crippen LogP contribution in [0, 0.1) is 0 Å². The Morgan fingerprint density at radius 1 is 1.35 bits per heavy atom. The molecule has 3 atom stereocenters. The van der Waals surface area contributed by atoms with Crippen molar-refractivity contribution in [3.05, 3.63) is 30.1 Å². The second-order valence-electron chi connectivity index (χ2n) is 5.79. The van der Waals surface area contributed by atoms with Crippen LogP contribution in [0.15, 0.2) is 24.5 Å². The third-order valence-corrected chi connectivity index (χ3v) is 4.66. The molecule has 110 valence electrons. The molecule has 0 amide bonds. The van der Waals surface area contributed by atoms with Crippen LogP contribution in [0.2, 0.25) is 0 Å². The maximum absolute atomic E-state index is 5.95. The smallest absolute Gasteiger partial charge is 0.0732 e. The minimum Gasteiger partial charge on any atom is -0.381 e. The lowest BCUT2D eigenvalue weighted by Crippen LogP contribution is -2.55.